The van der Waals surface area contributed by atoms with Gasteiger partial charge in [-0.2, -0.15) is 0 Å². The van der Waals surface area contributed by atoms with Crippen molar-refractivity contribution >= 4 is 17.7 Å². The normalized spacial score (nSPS) is 11.5. The highest BCUT2D eigenvalue weighted by molar-refractivity contribution is 6.04. The molecule has 150 valence electrons. The Morgan fingerprint density at radius 3 is 2.25 bits per heavy atom. The van der Waals surface area contributed by atoms with Gasteiger partial charge in [-0.3, -0.25) is 4.79 Å². The number of aromatic nitrogens is 1. The Morgan fingerprint density at radius 2 is 1.68 bits per heavy atom. The molecular formula is C20H23NO7. The molecule has 1 atom stereocenters. The van der Waals surface area contributed by atoms with E-state index in [0.717, 1.165) is 0 Å². The number of ketones is 1. The van der Waals surface area contributed by atoms with Crippen molar-refractivity contribution in [3.63, 3.8) is 0 Å². The van der Waals surface area contributed by atoms with Gasteiger partial charge in [-0.1, -0.05) is 0 Å². The van der Waals surface area contributed by atoms with Crippen LogP contribution in [0.4, 0.5) is 0 Å². The minimum absolute atomic E-state index is 0.164. The molecule has 2 rings (SSSR count). The molecule has 0 saturated heterocycles. The number of carbonyl (C=O) groups excluding carboxylic acids is 3. The molecule has 0 bridgehead atoms. The third-order valence-corrected chi connectivity index (χ3v) is 4.36. The summed E-state index contributed by atoms with van der Waals surface area (Å²) >= 11 is 0. The van der Waals surface area contributed by atoms with Gasteiger partial charge in [-0.15, -0.1) is 0 Å². The first-order valence-corrected chi connectivity index (χ1v) is 8.49. The number of hydrogen-bond acceptors (Lipinski definition) is 7. The molecule has 0 saturated carbocycles. The first kappa shape index (κ1) is 21.0. The molecule has 0 fully saturated rings. The van der Waals surface area contributed by atoms with Gasteiger partial charge in [0.1, 0.15) is 17.1 Å². The summed E-state index contributed by atoms with van der Waals surface area (Å²) in [5, 5.41) is 0. The predicted molar refractivity (Wildman–Crippen MR) is 100 cm³/mol. The van der Waals surface area contributed by atoms with Gasteiger partial charge in [0.15, 0.2) is 6.10 Å². The van der Waals surface area contributed by atoms with Crippen molar-refractivity contribution in [3.05, 3.63) is 46.3 Å². The molecule has 0 aliphatic heterocycles. The van der Waals surface area contributed by atoms with Gasteiger partial charge in [0.25, 0.3) is 0 Å². The van der Waals surface area contributed by atoms with Crippen LogP contribution in [0.3, 0.4) is 0 Å². The average Bonchev–Trinajstić information content (AvgIpc) is 2.99. The number of Topliss-reactive ketones (excluding diaryl/α,β-unsaturated/α-hetero) is 1. The van der Waals surface area contributed by atoms with Crippen LogP contribution in [0.15, 0.2) is 18.2 Å². The zero-order valence-electron chi connectivity index (χ0n) is 16.7. The number of ether oxygens (including phenoxy) is 4. The van der Waals surface area contributed by atoms with Crippen LogP contribution in [0, 0.1) is 13.8 Å². The Bertz CT molecular complexity index is 914. The first-order valence-electron chi connectivity index (χ1n) is 8.49. The van der Waals surface area contributed by atoms with E-state index in [4.69, 9.17) is 18.9 Å². The fourth-order valence-corrected chi connectivity index (χ4v) is 2.85. The summed E-state index contributed by atoms with van der Waals surface area (Å²) in [6.07, 6.45) is -1.08. The SMILES string of the molecule is COC(=O)c1c(C)[nH]c(C(=O)C(C)OC(=O)c2ccc(OC)cc2OC)c1C. The highest BCUT2D eigenvalue weighted by Crippen LogP contribution is 2.26. The van der Waals surface area contributed by atoms with Gasteiger partial charge in [-0.05, 0) is 38.5 Å². The van der Waals surface area contributed by atoms with Crippen LogP contribution in [-0.4, -0.2) is 50.1 Å². The van der Waals surface area contributed by atoms with Gasteiger partial charge in [0.05, 0.1) is 32.6 Å². The minimum Gasteiger partial charge on any atom is -0.497 e. The number of esters is 2. The molecule has 1 aromatic heterocycles. The molecule has 28 heavy (non-hydrogen) atoms. The molecule has 8 nitrogen and oxygen atoms in total. The lowest BCUT2D eigenvalue weighted by atomic mass is 10.1. The third-order valence-electron chi connectivity index (χ3n) is 4.36. The topological polar surface area (TPSA) is 104 Å². The van der Waals surface area contributed by atoms with Crippen LogP contribution in [-0.2, 0) is 9.47 Å². The number of carbonyl (C=O) groups is 3. The Hall–Kier alpha value is -3.29. The molecular weight excluding hydrogens is 366 g/mol. The van der Waals surface area contributed by atoms with Gasteiger partial charge in [0.2, 0.25) is 5.78 Å². The van der Waals surface area contributed by atoms with Crippen LogP contribution in [0.25, 0.3) is 0 Å². The maximum Gasteiger partial charge on any atom is 0.342 e. The summed E-state index contributed by atoms with van der Waals surface area (Å²) in [7, 11) is 4.18. The average molecular weight is 389 g/mol. The maximum absolute atomic E-state index is 12.8. The molecule has 1 unspecified atom stereocenters. The van der Waals surface area contributed by atoms with E-state index in [1.54, 1.807) is 26.0 Å². The maximum atomic E-state index is 12.8. The summed E-state index contributed by atoms with van der Waals surface area (Å²) in [6, 6.07) is 4.63. The Morgan fingerprint density at radius 1 is 1.00 bits per heavy atom. The van der Waals surface area contributed by atoms with E-state index in [-0.39, 0.29) is 17.0 Å². The molecule has 0 radical (unpaired) electrons. The smallest absolute Gasteiger partial charge is 0.342 e. The van der Waals surface area contributed by atoms with Crippen LogP contribution in [0.1, 0.15) is 49.4 Å². The number of rotatable bonds is 7. The van der Waals surface area contributed by atoms with Gasteiger partial charge < -0.3 is 23.9 Å². The van der Waals surface area contributed by atoms with Crippen molar-refractivity contribution in [1.82, 2.24) is 4.98 Å². The number of methoxy groups -OCH3 is 3. The van der Waals surface area contributed by atoms with Gasteiger partial charge >= 0.3 is 11.9 Å². The molecule has 0 spiro atoms. The Balaban J connectivity index is 2.24. The van der Waals surface area contributed by atoms with Crippen molar-refractivity contribution in [1.29, 1.82) is 0 Å². The number of aromatic amines is 1. The molecule has 2 aromatic rings. The quantitative estimate of drug-likeness (QED) is 0.573. The van der Waals surface area contributed by atoms with Crippen molar-refractivity contribution in [3.8, 4) is 11.5 Å². The lowest BCUT2D eigenvalue weighted by molar-refractivity contribution is 0.0313. The van der Waals surface area contributed by atoms with E-state index in [9.17, 15) is 14.4 Å². The highest BCUT2D eigenvalue weighted by Gasteiger charge is 2.28. The molecule has 1 heterocycles. The summed E-state index contributed by atoms with van der Waals surface area (Å²) < 4.78 is 20.3. The second kappa shape index (κ2) is 8.60. The van der Waals surface area contributed by atoms with E-state index in [0.29, 0.717) is 22.6 Å². The van der Waals surface area contributed by atoms with Crippen molar-refractivity contribution in [2.75, 3.05) is 21.3 Å². The molecule has 0 aliphatic rings. The molecule has 0 amide bonds. The van der Waals surface area contributed by atoms with Gasteiger partial charge in [0, 0.05) is 11.8 Å². The van der Waals surface area contributed by atoms with Crippen LogP contribution >= 0.6 is 0 Å². The second-order valence-corrected chi connectivity index (χ2v) is 6.09. The van der Waals surface area contributed by atoms with E-state index >= 15 is 0 Å². The number of hydrogen-bond donors (Lipinski definition) is 1. The number of aryl methyl sites for hydroxylation is 1. The number of H-pyrrole nitrogens is 1. The van der Waals surface area contributed by atoms with Crippen molar-refractivity contribution in [2.24, 2.45) is 0 Å². The van der Waals surface area contributed by atoms with E-state index in [1.165, 1.54) is 34.3 Å². The number of benzene rings is 1. The monoisotopic (exact) mass is 389 g/mol. The van der Waals surface area contributed by atoms with Crippen molar-refractivity contribution < 1.29 is 33.3 Å². The first-order chi connectivity index (χ1) is 13.2. The minimum atomic E-state index is -1.08. The van der Waals surface area contributed by atoms with Gasteiger partial charge in [-0.25, -0.2) is 9.59 Å². The van der Waals surface area contributed by atoms with Crippen LogP contribution < -0.4 is 9.47 Å². The Labute approximate surface area is 162 Å². The molecule has 8 heteroatoms. The summed E-state index contributed by atoms with van der Waals surface area (Å²) in [6.45, 7) is 4.75. The van der Waals surface area contributed by atoms with E-state index in [1.807, 2.05) is 0 Å². The zero-order chi connectivity index (χ0) is 21.0. The van der Waals surface area contributed by atoms with E-state index in [2.05, 4.69) is 4.98 Å². The molecule has 0 aliphatic carbocycles. The van der Waals surface area contributed by atoms with E-state index < -0.39 is 23.8 Å². The largest absolute Gasteiger partial charge is 0.497 e. The van der Waals surface area contributed by atoms with Crippen LogP contribution in [0.2, 0.25) is 0 Å². The zero-order valence-corrected chi connectivity index (χ0v) is 16.7. The summed E-state index contributed by atoms with van der Waals surface area (Å²) in [5.41, 5.74) is 1.60. The van der Waals surface area contributed by atoms with Crippen LogP contribution in [0.5, 0.6) is 11.5 Å². The standard InChI is InChI=1S/C20H23NO7/c1-10-16(20(24)27-6)11(2)21-17(10)18(22)12(3)28-19(23)14-8-7-13(25-4)9-15(14)26-5/h7-9,12,21H,1-6H3. The number of nitrogens with one attached hydrogen (secondary N) is 1. The predicted octanol–water partition coefficient (Wildman–Crippen LogP) is 2.86. The lowest BCUT2D eigenvalue weighted by Gasteiger charge is -2.14. The lowest BCUT2D eigenvalue weighted by Crippen LogP contribution is -2.25. The summed E-state index contributed by atoms with van der Waals surface area (Å²) in [4.78, 5) is 40.0. The second-order valence-electron chi connectivity index (χ2n) is 6.09. The van der Waals surface area contributed by atoms with Crippen molar-refractivity contribution in [2.45, 2.75) is 26.9 Å². The fourth-order valence-electron chi connectivity index (χ4n) is 2.85. The summed E-state index contributed by atoms with van der Waals surface area (Å²) in [5.74, 6) is -0.932. The molecule has 1 aromatic carbocycles. The fraction of sp³-hybridized carbons (Fsp3) is 0.350. The molecule has 1 N–H and O–H groups in total. The highest BCUT2D eigenvalue weighted by atomic mass is 16.5. The third kappa shape index (κ3) is 4.00. The Kier molecular flexibility index (Phi) is 6.45.